The zero-order chi connectivity index (χ0) is 24.9. The Bertz CT molecular complexity index is 1200. The van der Waals surface area contributed by atoms with E-state index in [1.807, 2.05) is 0 Å². The molecular weight excluding hydrogens is 454 g/mol. The Morgan fingerprint density at radius 3 is 2.49 bits per heavy atom. The number of carbonyl (C=O) groups excluding carboxylic acids is 2. The molecule has 1 unspecified atom stereocenters. The highest BCUT2D eigenvalue weighted by Crippen LogP contribution is 2.40. The summed E-state index contributed by atoms with van der Waals surface area (Å²) in [6.07, 6.45) is 2.79. The van der Waals surface area contributed by atoms with Crippen LogP contribution in [0.15, 0.2) is 36.5 Å². The summed E-state index contributed by atoms with van der Waals surface area (Å²) in [5, 5.41) is 7.15. The summed E-state index contributed by atoms with van der Waals surface area (Å²) < 4.78 is 22.2. The molecule has 2 aromatic heterocycles. The maximum absolute atomic E-state index is 13.2. The molecule has 4 rings (SSSR count). The average Bonchev–Trinajstić information content (AvgIpc) is 3.38. The molecule has 0 aliphatic carbocycles. The second-order valence-electron chi connectivity index (χ2n) is 7.96. The largest absolute Gasteiger partial charge is 0.493 e. The second kappa shape index (κ2) is 10.3. The molecule has 0 bridgehead atoms. The van der Waals surface area contributed by atoms with Crippen LogP contribution in [0.1, 0.15) is 33.8 Å². The molecule has 184 valence electrons. The first-order chi connectivity index (χ1) is 16.9. The van der Waals surface area contributed by atoms with Crippen molar-refractivity contribution in [2.24, 2.45) is 5.73 Å². The number of nitrogens with zero attached hydrogens (tertiary/aromatic N) is 3. The minimum Gasteiger partial charge on any atom is -0.493 e. The van der Waals surface area contributed by atoms with E-state index in [9.17, 15) is 9.59 Å². The zero-order valence-corrected chi connectivity index (χ0v) is 19.7. The van der Waals surface area contributed by atoms with Crippen LogP contribution in [0.3, 0.4) is 0 Å². The van der Waals surface area contributed by atoms with Crippen LogP contribution in [0.25, 0.3) is 11.3 Å². The molecule has 1 aliphatic rings. The molecule has 3 N–H and O–H groups in total. The van der Waals surface area contributed by atoms with Gasteiger partial charge in [0.05, 0.1) is 33.6 Å². The molecule has 0 spiro atoms. The first-order valence-electron chi connectivity index (χ1n) is 11.0. The third-order valence-electron chi connectivity index (χ3n) is 5.72. The molecule has 1 fully saturated rings. The number of methoxy groups -OCH3 is 3. The number of ether oxygens (including phenoxy) is 4. The third kappa shape index (κ3) is 5.13. The lowest BCUT2D eigenvalue weighted by molar-refractivity contribution is 0.0532. The lowest BCUT2D eigenvalue weighted by Crippen LogP contribution is -2.44. The molecule has 0 radical (unpaired) electrons. The first kappa shape index (κ1) is 23.9. The lowest BCUT2D eigenvalue weighted by atomic mass is 10.1. The number of benzene rings is 1. The van der Waals surface area contributed by atoms with Gasteiger partial charge in [0.25, 0.3) is 11.8 Å². The number of carbonyl (C=O) groups is 2. The van der Waals surface area contributed by atoms with Gasteiger partial charge in [-0.25, -0.2) is 0 Å². The molecule has 1 aliphatic heterocycles. The number of pyridine rings is 1. The Morgan fingerprint density at radius 1 is 1.09 bits per heavy atom. The van der Waals surface area contributed by atoms with E-state index in [4.69, 9.17) is 24.7 Å². The lowest BCUT2D eigenvalue weighted by Gasteiger charge is -2.32. The smallest absolute Gasteiger partial charge is 0.272 e. The number of hydrogen-bond donors (Lipinski definition) is 2. The topological polar surface area (TPSA) is 142 Å². The average molecular weight is 482 g/mol. The summed E-state index contributed by atoms with van der Waals surface area (Å²) in [5.74, 6) is 1.13. The number of hydrogen-bond acceptors (Lipinski definition) is 8. The summed E-state index contributed by atoms with van der Waals surface area (Å²) in [4.78, 5) is 30.2. The molecule has 3 aromatic rings. The predicted molar refractivity (Wildman–Crippen MR) is 126 cm³/mol. The van der Waals surface area contributed by atoms with Crippen molar-refractivity contribution in [1.82, 2.24) is 20.1 Å². The van der Waals surface area contributed by atoms with Crippen LogP contribution in [0.5, 0.6) is 23.0 Å². The quantitative estimate of drug-likeness (QED) is 0.499. The Morgan fingerprint density at radius 2 is 1.83 bits per heavy atom. The van der Waals surface area contributed by atoms with Gasteiger partial charge < -0.3 is 29.6 Å². The highest BCUT2D eigenvalue weighted by molar-refractivity contribution is 5.93. The van der Waals surface area contributed by atoms with Gasteiger partial charge >= 0.3 is 0 Å². The Kier molecular flexibility index (Phi) is 7.04. The van der Waals surface area contributed by atoms with Gasteiger partial charge in [-0.3, -0.25) is 19.7 Å². The maximum Gasteiger partial charge on any atom is 0.272 e. The number of amides is 2. The van der Waals surface area contributed by atoms with E-state index < -0.39 is 5.91 Å². The normalized spacial score (nSPS) is 15.4. The maximum atomic E-state index is 13.2. The van der Waals surface area contributed by atoms with Crippen LogP contribution in [0.4, 0.5) is 0 Å². The summed E-state index contributed by atoms with van der Waals surface area (Å²) in [6.45, 7) is 0.992. The van der Waals surface area contributed by atoms with E-state index >= 15 is 0 Å². The standard InChI is InChI=1S/C24H27N5O6/c1-32-20-9-14(10-21(33-2)22(20)34-3)17-12-19(28-27-17)24(31)29-8-4-5-16(13-29)35-15-6-7-26-18(11-15)23(25)30/h6-7,9-12,16H,4-5,8,13H2,1-3H3,(H2,25,30)(H,27,28). The Balaban J connectivity index is 1.48. The summed E-state index contributed by atoms with van der Waals surface area (Å²) in [6, 6.07) is 8.39. The molecule has 3 heterocycles. The van der Waals surface area contributed by atoms with Crippen molar-refractivity contribution in [2.45, 2.75) is 18.9 Å². The fraction of sp³-hybridized carbons (Fsp3) is 0.333. The monoisotopic (exact) mass is 481 g/mol. The van der Waals surface area contributed by atoms with E-state index in [1.54, 1.807) is 29.2 Å². The zero-order valence-electron chi connectivity index (χ0n) is 19.7. The van der Waals surface area contributed by atoms with Crippen molar-refractivity contribution >= 4 is 11.8 Å². The molecular formula is C24H27N5O6. The van der Waals surface area contributed by atoms with E-state index in [2.05, 4.69) is 15.2 Å². The Labute approximate surface area is 202 Å². The molecule has 11 heteroatoms. The minimum atomic E-state index is -0.627. The van der Waals surface area contributed by atoms with Crippen LogP contribution in [0, 0.1) is 0 Å². The van der Waals surface area contributed by atoms with Gasteiger partial charge in [0.15, 0.2) is 11.5 Å². The van der Waals surface area contributed by atoms with Gasteiger partial charge in [0.2, 0.25) is 5.75 Å². The number of nitrogens with one attached hydrogen (secondary N) is 1. The van der Waals surface area contributed by atoms with Gasteiger partial charge in [-0.05, 0) is 37.1 Å². The van der Waals surface area contributed by atoms with Crippen molar-refractivity contribution in [1.29, 1.82) is 0 Å². The van der Waals surface area contributed by atoms with Gasteiger partial charge in [-0.2, -0.15) is 5.10 Å². The molecule has 2 amide bonds. The second-order valence-corrected chi connectivity index (χ2v) is 7.96. The van der Waals surface area contributed by atoms with Crippen LogP contribution in [0.2, 0.25) is 0 Å². The van der Waals surface area contributed by atoms with Crippen molar-refractivity contribution in [3.05, 3.63) is 47.9 Å². The van der Waals surface area contributed by atoms with Gasteiger partial charge in [-0.15, -0.1) is 0 Å². The van der Waals surface area contributed by atoms with Gasteiger partial charge in [0.1, 0.15) is 23.2 Å². The van der Waals surface area contributed by atoms with Crippen molar-refractivity contribution in [2.75, 3.05) is 34.4 Å². The summed E-state index contributed by atoms with van der Waals surface area (Å²) in [7, 11) is 4.61. The number of rotatable bonds is 8. The summed E-state index contributed by atoms with van der Waals surface area (Å²) >= 11 is 0. The van der Waals surface area contributed by atoms with Gasteiger partial charge in [0, 0.05) is 24.4 Å². The SMILES string of the molecule is COc1cc(-c2cc(C(=O)N3CCCC(Oc4ccnc(C(N)=O)c4)C3)[nH]n2)cc(OC)c1OC. The van der Waals surface area contributed by atoms with Gasteiger partial charge in [-0.1, -0.05) is 0 Å². The molecule has 0 saturated carbocycles. The molecule has 1 atom stereocenters. The van der Waals surface area contributed by atoms with Crippen molar-refractivity contribution in [3.63, 3.8) is 0 Å². The van der Waals surface area contributed by atoms with E-state index in [0.717, 1.165) is 12.8 Å². The first-order valence-corrected chi connectivity index (χ1v) is 11.0. The van der Waals surface area contributed by atoms with E-state index in [1.165, 1.54) is 33.6 Å². The van der Waals surface area contributed by atoms with Crippen LogP contribution in [-0.4, -0.2) is 72.4 Å². The number of H-pyrrole nitrogens is 1. The third-order valence-corrected chi connectivity index (χ3v) is 5.72. The van der Waals surface area contributed by atoms with E-state index in [-0.39, 0.29) is 17.7 Å². The van der Waals surface area contributed by atoms with Crippen LogP contribution in [-0.2, 0) is 0 Å². The Hall–Kier alpha value is -4.28. The molecule has 11 nitrogen and oxygen atoms in total. The van der Waals surface area contributed by atoms with Crippen LogP contribution < -0.4 is 24.7 Å². The number of aromatic amines is 1. The number of likely N-dealkylation sites (tertiary alicyclic amines) is 1. The van der Waals surface area contributed by atoms with Crippen LogP contribution >= 0.6 is 0 Å². The highest BCUT2D eigenvalue weighted by atomic mass is 16.5. The number of nitrogens with two attached hydrogens (primary N) is 1. The fourth-order valence-electron chi connectivity index (χ4n) is 4.01. The highest BCUT2D eigenvalue weighted by Gasteiger charge is 2.27. The fourth-order valence-corrected chi connectivity index (χ4v) is 4.01. The van der Waals surface area contributed by atoms with Crippen molar-refractivity contribution < 1.29 is 28.5 Å². The van der Waals surface area contributed by atoms with E-state index in [0.29, 0.717) is 53.0 Å². The number of aromatic nitrogens is 3. The number of primary amides is 1. The van der Waals surface area contributed by atoms with Crippen molar-refractivity contribution in [3.8, 4) is 34.3 Å². The summed E-state index contributed by atoms with van der Waals surface area (Å²) in [5.41, 5.74) is 7.05. The molecule has 35 heavy (non-hydrogen) atoms. The minimum absolute atomic E-state index is 0.128. The number of piperidine rings is 1. The molecule has 1 aromatic carbocycles. The predicted octanol–water partition coefficient (Wildman–Crippen LogP) is 2.28. The molecule has 1 saturated heterocycles.